The number of anilines is 1. The van der Waals surface area contributed by atoms with Crippen LogP contribution in [0.25, 0.3) is 0 Å². The minimum Gasteiger partial charge on any atom is -0.399 e. The topological polar surface area (TPSA) is 46.3 Å². The van der Waals surface area contributed by atoms with Crippen molar-refractivity contribution in [1.29, 1.82) is 0 Å². The molecule has 2 rings (SSSR count). The van der Waals surface area contributed by atoms with E-state index in [1.807, 2.05) is 24.0 Å². The van der Waals surface area contributed by atoms with E-state index in [4.69, 9.17) is 5.73 Å². The summed E-state index contributed by atoms with van der Waals surface area (Å²) in [6.07, 6.45) is 2.28. The van der Waals surface area contributed by atoms with Gasteiger partial charge in [-0.2, -0.15) is 0 Å². The molecule has 1 aliphatic rings. The molecule has 0 spiro atoms. The molecule has 0 unspecified atom stereocenters. The van der Waals surface area contributed by atoms with Crippen LogP contribution in [0.5, 0.6) is 0 Å². The zero-order valence-corrected chi connectivity index (χ0v) is 12.7. The average Bonchev–Trinajstić information content (AvgIpc) is 3.12. The summed E-state index contributed by atoms with van der Waals surface area (Å²) in [6.45, 7) is 7.09. The first-order valence-corrected chi connectivity index (χ1v) is 6.66. The van der Waals surface area contributed by atoms with Crippen molar-refractivity contribution in [2.75, 3.05) is 12.3 Å². The summed E-state index contributed by atoms with van der Waals surface area (Å²) in [7, 11) is 0. The first-order chi connectivity index (χ1) is 8.49. The summed E-state index contributed by atoms with van der Waals surface area (Å²) >= 11 is 0. The number of halogens is 1. The number of benzene rings is 1. The summed E-state index contributed by atoms with van der Waals surface area (Å²) < 4.78 is 0. The van der Waals surface area contributed by atoms with Gasteiger partial charge in [0.1, 0.15) is 0 Å². The van der Waals surface area contributed by atoms with E-state index in [1.54, 1.807) is 6.07 Å². The van der Waals surface area contributed by atoms with E-state index in [9.17, 15) is 4.79 Å². The summed E-state index contributed by atoms with van der Waals surface area (Å²) in [5.74, 6) is 0.631. The number of amides is 1. The predicted molar refractivity (Wildman–Crippen MR) is 81.7 cm³/mol. The van der Waals surface area contributed by atoms with Crippen LogP contribution >= 0.6 is 12.4 Å². The van der Waals surface area contributed by atoms with Crippen LogP contribution in [0.3, 0.4) is 0 Å². The molecule has 0 aliphatic heterocycles. The fraction of sp³-hybridized carbons (Fsp3) is 0.533. The molecule has 0 bridgehead atoms. The maximum Gasteiger partial charge on any atom is 0.254 e. The Labute approximate surface area is 121 Å². The van der Waals surface area contributed by atoms with Crippen molar-refractivity contribution >= 4 is 24.0 Å². The molecule has 4 heteroatoms. The maximum absolute atomic E-state index is 12.6. The Bertz CT molecular complexity index is 455. The monoisotopic (exact) mass is 282 g/mol. The van der Waals surface area contributed by atoms with Crippen LogP contribution in [0.1, 0.15) is 42.6 Å². The normalized spacial score (nSPS) is 14.1. The van der Waals surface area contributed by atoms with E-state index >= 15 is 0 Å². The number of nitrogen functional groups attached to an aromatic ring is 1. The molecule has 0 aromatic heterocycles. The molecule has 0 radical (unpaired) electrons. The number of carbonyl (C=O) groups is 1. The average molecular weight is 283 g/mol. The highest BCUT2D eigenvalue weighted by Crippen LogP contribution is 2.29. The van der Waals surface area contributed by atoms with E-state index in [0.717, 1.165) is 30.5 Å². The first-order valence-electron chi connectivity index (χ1n) is 6.66. The molecule has 0 saturated heterocycles. The van der Waals surface area contributed by atoms with Crippen molar-refractivity contribution in [3.05, 3.63) is 29.3 Å². The van der Waals surface area contributed by atoms with E-state index in [-0.39, 0.29) is 18.3 Å². The molecule has 3 nitrogen and oxygen atoms in total. The van der Waals surface area contributed by atoms with Gasteiger partial charge in [-0.1, -0.05) is 19.9 Å². The highest BCUT2D eigenvalue weighted by atomic mass is 35.5. The first kappa shape index (κ1) is 15.8. The predicted octanol–water partition coefficient (Wildman–Crippen LogP) is 3.26. The second-order valence-electron chi connectivity index (χ2n) is 5.66. The Kier molecular flexibility index (Phi) is 5.24. The van der Waals surface area contributed by atoms with Crippen LogP contribution in [0.2, 0.25) is 0 Å². The van der Waals surface area contributed by atoms with E-state index < -0.39 is 0 Å². The number of aryl methyl sites for hydroxylation is 1. The smallest absolute Gasteiger partial charge is 0.254 e. The molecule has 2 N–H and O–H groups in total. The standard InChI is InChI=1S/C15H22N2O.ClH/c1-10(2)9-17(13-6-7-13)15(18)14-8-12(16)5-4-11(14)3;/h4-5,8,10,13H,6-7,9,16H2,1-3H3;1H. The van der Waals surface area contributed by atoms with Crippen LogP contribution in [-0.2, 0) is 0 Å². The Morgan fingerprint density at radius 1 is 1.42 bits per heavy atom. The lowest BCUT2D eigenvalue weighted by molar-refractivity contribution is 0.0722. The molecule has 0 atom stereocenters. The van der Waals surface area contributed by atoms with Crippen molar-refractivity contribution < 1.29 is 4.79 Å². The molecule has 1 fully saturated rings. The Balaban J connectivity index is 0.00000180. The van der Waals surface area contributed by atoms with Crippen molar-refractivity contribution in [3.63, 3.8) is 0 Å². The third-order valence-electron chi connectivity index (χ3n) is 3.30. The molecule has 0 heterocycles. The lowest BCUT2D eigenvalue weighted by Crippen LogP contribution is -2.36. The summed E-state index contributed by atoms with van der Waals surface area (Å²) in [4.78, 5) is 14.6. The summed E-state index contributed by atoms with van der Waals surface area (Å²) in [5, 5.41) is 0. The number of hydrogen-bond donors (Lipinski definition) is 1. The third kappa shape index (κ3) is 3.87. The van der Waals surface area contributed by atoms with Crippen molar-refractivity contribution in [2.24, 2.45) is 5.92 Å². The zero-order valence-electron chi connectivity index (χ0n) is 11.8. The Hall–Kier alpha value is -1.22. The largest absolute Gasteiger partial charge is 0.399 e. The van der Waals surface area contributed by atoms with Gasteiger partial charge in [0.15, 0.2) is 0 Å². The second-order valence-corrected chi connectivity index (χ2v) is 5.66. The SMILES string of the molecule is Cc1ccc(N)cc1C(=O)N(CC(C)C)C1CC1.Cl. The fourth-order valence-corrected chi connectivity index (χ4v) is 2.20. The second kappa shape index (κ2) is 6.29. The number of hydrogen-bond acceptors (Lipinski definition) is 2. The molecule has 19 heavy (non-hydrogen) atoms. The van der Waals surface area contributed by atoms with Crippen molar-refractivity contribution in [3.8, 4) is 0 Å². The van der Waals surface area contributed by atoms with Crippen LogP contribution in [-0.4, -0.2) is 23.4 Å². The number of nitrogens with two attached hydrogens (primary N) is 1. The number of carbonyl (C=O) groups excluding carboxylic acids is 1. The molecule has 1 amide bonds. The fourth-order valence-electron chi connectivity index (χ4n) is 2.20. The highest BCUT2D eigenvalue weighted by Gasteiger charge is 2.33. The lowest BCUT2D eigenvalue weighted by Gasteiger charge is -2.25. The van der Waals surface area contributed by atoms with Gasteiger partial charge in [-0.05, 0) is 43.4 Å². The van der Waals surface area contributed by atoms with Gasteiger partial charge in [-0.15, -0.1) is 12.4 Å². The molecule has 1 aromatic carbocycles. The maximum atomic E-state index is 12.6. The molecular weight excluding hydrogens is 260 g/mol. The minimum atomic E-state index is 0. The van der Waals surface area contributed by atoms with E-state index in [2.05, 4.69) is 13.8 Å². The van der Waals surface area contributed by atoms with Gasteiger partial charge in [0.2, 0.25) is 0 Å². The molecule has 1 saturated carbocycles. The molecule has 1 aromatic rings. The Morgan fingerprint density at radius 2 is 2.05 bits per heavy atom. The van der Waals surface area contributed by atoms with Gasteiger partial charge in [-0.25, -0.2) is 0 Å². The zero-order chi connectivity index (χ0) is 13.3. The van der Waals surface area contributed by atoms with Gasteiger partial charge in [0.25, 0.3) is 5.91 Å². The van der Waals surface area contributed by atoms with Crippen LogP contribution < -0.4 is 5.73 Å². The minimum absolute atomic E-state index is 0. The van der Waals surface area contributed by atoms with Gasteiger partial charge in [0, 0.05) is 23.8 Å². The number of rotatable bonds is 4. The molecule has 106 valence electrons. The van der Waals surface area contributed by atoms with Gasteiger partial charge in [0.05, 0.1) is 0 Å². The highest BCUT2D eigenvalue weighted by molar-refractivity contribution is 5.96. The van der Waals surface area contributed by atoms with E-state index in [1.165, 1.54) is 0 Å². The van der Waals surface area contributed by atoms with Gasteiger partial charge < -0.3 is 10.6 Å². The van der Waals surface area contributed by atoms with Crippen LogP contribution in [0, 0.1) is 12.8 Å². The summed E-state index contributed by atoms with van der Waals surface area (Å²) in [5.41, 5.74) is 8.20. The number of nitrogens with zero attached hydrogens (tertiary/aromatic N) is 1. The lowest BCUT2D eigenvalue weighted by atomic mass is 10.1. The van der Waals surface area contributed by atoms with Crippen molar-refractivity contribution in [2.45, 2.75) is 39.7 Å². The molecular formula is C15H23ClN2O. The quantitative estimate of drug-likeness (QED) is 0.862. The van der Waals surface area contributed by atoms with Crippen LogP contribution in [0.15, 0.2) is 18.2 Å². The Morgan fingerprint density at radius 3 is 2.58 bits per heavy atom. The van der Waals surface area contributed by atoms with Crippen molar-refractivity contribution in [1.82, 2.24) is 4.90 Å². The summed E-state index contributed by atoms with van der Waals surface area (Å²) in [6, 6.07) is 6.01. The van der Waals surface area contributed by atoms with Gasteiger partial charge >= 0.3 is 0 Å². The molecule has 1 aliphatic carbocycles. The van der Waals surface area contributed by atoms with Gasteiger partial charge in [-0.3, -0.25) is 4.79 Å². The van der Waals surface area contributed by atoms with E-state index in [0.29, 0.717) is 17.6 Å². The third-order valence-corrected chi connectivity index (χ3v) is 3.30. The van der Waals surface area contributed by atoms with Crippen LogP contribution in [0.4, 0.5) is 5.69 Å².